The van der Waals surface area contributed by atoms with Crippen molar-refractivity contribution in [2.75, 3.05) is 39.6 Å². The van der Waals surface area contributed by atoms with E-state index < -0.39 is 58.4 Å². The molecule has 0 radical (unpaired) electrons. The Morgan fingerprint density at radius 2 is 0.714 bits per heavy atom. The van der Waals surface area contributed by atoms with E-state index in [0.717, 1.165) is 109 Å². The van der Waals surface area contributed by atoms with Gasteiger partial charge in [-0.1, -0.05) is 158 Å². The molecular formula is C50H86O13. The number of carboxylic acids is 3. The van der Waals surface area contributed by atoms with Crippen LogP contribution in [0.25, 0.3) is 0 Å². The summed E-state index contributed by atoms with van der Waals surface area (Å²) in [6.07, 6.45) is 19.3. The second-order valence-electron chi connectivity index (χ2n) is 18.6. The summed E-state index contributed by atoms with van der Waals surface area (Å²) >= 11 is 0. The van der Waals surface area contributed by atoms with Crippen molar-refractivity contribution in [1.29, 1.82) is 0 Å². The fourth-order valence-electron chi connectivity index (χ4n) is 7.11. The first kappa shape index (κ1) is 57.9. The number of carboxylic acid groups (broad SMARTS) is 3. The molecule has 1 aromatic carbocycles. The average molecular weight is 895 g/mol. The lowest BCUT2D eigenvalue weighted by atomic mass is 9.98. The van der Waals surface area contributed by atoms with E-state index in [1.807, 2.05) is 0 Å². The van der Waals surface area contributed by atoms with E-state index in [-0.39, 0.29) is 13.2 Å². The van der Waals surface area contributed by atoms with Crippen LogP contribution in [0.15, 0.2) is 12.1 Å². The molecule has 3 N–H and O–H groups in total. The van der Waals surface area contributed by atoms with Gasteiger partial charge in [0.15, 0.2) is 0 Å². The zero-order chi connectivity index (χ0) is 47.0. The topological polar surface area (TPSA) is 184 Å². The molecule has 364 valence electrons. The van der Waals surface area contributed by atoms with Crippen molar-refractivity contribution in [3.05, 3.63) is 34.4 Å². The van der Waals surface area contributed by atoms with Crippen molar-refractivity contribution in [1.82, 2.24) is 0 Å². The maximum Gasteiger partial charge on any atom is 0.339 e. The van der Waals surface area contributed by atoms with Crippen molar-refractivity contribution in [3.63, 3.8) is 0 Å². The fraction of sp³-hybridized carbons (Fsp3) is 0.800. The number of carbonyl (C=O) groups excluding carboxylic acids is 1. The Bertz CT molecular complexity index is 1350. The molecule has 1 rings (SSSR count). The first-order valence-corrected chi connectivity index (χ1v) is 24.2. The van der Waals surface area contributed by atoms with E-state index in [9.17, 15) is 34.5 Å². The highest BCUT2D eigenvalue weighted by atomic mass is 16.9. The first-order chi connectivity index (χ1) is 30.0. The predicted octanol–water partition coefficient (Wildman–Crippen LogP) is 12.4. The molecule has 1 unspecified atom stereocenters. The summed E-state index contributed by atoms with van der Waals surface area (Å²) in [5, 5.41) is 28.9. The second-order valence-corrected chi connectivity index (χ2v) is 18.6. The quantitative estimate of drug-likeness (QED) is 0.0321. The third-order valence-electron chi connectivity index (χ3n) is 10.8. The molecular weight excluding hydrogens is 809 g/mol. The van der Waals surface area contributed by atoms with Crippen LogP contribution in [0.4, 0.5) is 0 Å². The van der Waals surface area contributed by atoms with Gasteiger partial charge in [-0.3, -0.25) is 0 Å². The molecule has 13 nitrogen and oxygen atoms in total. The van der Waals surface area contributed by atoms with Gasteiger partial charge in [0.25, 0.3) is 0 Å². The summed E-state index contributed by atoms with van der Waals surface area (Å²) in [6.45, 7) is 18.6. The van der Waals surface area contributed by atoms with Gasteiger partial charge < -0.3 is 43.7 Å². The van der Waals surface area contributed by atoms with Crippen LogP contribution in [0.1, 0.15) is 225 Å². The smallest absolute Gasteiger partial charge is 0.339 e. The number of esters is 1. The molecule has 0 amide bonds. The highest BCUT2D eigenvalue weighted by molar-refractivity contribution is 6.09. The molecule has 63 heavy (non-hydrogen) atoms. The van der Waals surface area contributed by atoms with Gasteiger partial charge in [-0.15, -0.1) is 0 Å². The number of hydrogen-bond acceptors (Lipinski definition) is 10. The van der Waals surface area contributed by atoms with Crippen molar-refractivity contribution < 1.29 is 62.9 Å². The fourth-order valence-corrected chi connectivity index (χ4v) is 7.11. The molecule has 0 saturated carbocycles. The van der Waals surface area contributed by atoms with Crippen LogP contribution in [-0.4, -0.2) is 91.1 Å². The number of hydrogen-bond donors (Lipinski definition) is 3. The lowest BCUT2D eigenvalue weighted by Crippen LogP contribution is -2.53. The molecule has 0 aliphatic carbocycles. The van der Waals surface area contributed by atoms with Gasteiger partial charge in [0.05, 0.1) is 55.3 Å². The molecule has 0 bridgehead atoms. The molecule has 0 spiro atoms. The summed E-state index contributed by atoms with van der Waals surface area (Å²) in [6, 6.07) is 1.36. The zero-order valence-corrected chi connectivity index (χ0v) is 40.4. The molecule has 13 heteroatoms. The minimum absolute atomic E-state index is 0.233. The zero-order valence-electron chi connectivity index (χ0n) is 40.4. The maximum absolute atomic E-state index is 13.3. The third kappa shape index (κ3) is 26.5. The summed E-state index contributed by atoms with van der Waals surface area (Å²) in [5.74, 6) is -5.21. The van der Waals surface area contributed by atoms with Crippen LogP contribution in [0, 0.1) is 23.7 Å². The minimum Gasteiger partial charge on any atom is -0.478 e. The van der Waals surface area contributed by atoms with Crippen LogP contribution >= 0.6 is 0 Å². The molecule has 0 aliphatic rings. The van der Waals surface area contributed by atoms with E-state index in [1.165, 1.54) is 19.3 Å². The van der Waals surface area contributed by atoms with Crippen LogP contribution in [0.2, 0.25) is 0 Å². The summed E-state index contributed by atoms with van der Waals surface area (Å²) in [4.78, 5) is 48.9. The van der Waals surface area contributed by atoms with Gasteiger partial charge in [0.1, 0.15) is 6.61 Å². The Labute approximate surface area is 379 Å². The van der Waals surface area contributed by atoms with Gasteiger partial charge in [-0.05, 0) is 61.5 Å². The monoisotopic (exact) mass is 895 g/mol. The van der Waals surface area contributed by atoms with Gasteiger partial charge in [-0.25, -0.2) is 19.2 Å². The molecule has 0 aliphatic heterocycles. The van der Waals surface area contributed by atoms with Crippen molar-refractivity contribution in [2.24, 2.45) is 23.7 Å². The van der Waals surface area contributed by atoms with Crippen LogP contribution in [0.5, 0.6) is 0 Å². The van der Waals surface area contributed by atoms with E-state index >= 15 is 0 Å². The van der Waals surface area contributed by atoms with E-state index in [1.54, 1.807) is 0 Å². The molecule has 0 aromatic heterocycles. The first-order valence-electron chi connectivity index (χ1n) is 24.2. The summed E-state index contributed by atoms with van der Waals surface area (Å²) in [7, 11) is 0. The molecule has 1 aromatic rings. The standard InChI is InChI=1S/C50H86O13/c1-37(2)25-17-9-13-21-29-59-49(60-34-33-58-48(57)44-36-42(46(53)54)41(45(51)52)35-43(44)47(55)56)50(61-30-22-14-10-18-26-38(3)4,62-31-23-15-11-19-27-39(5)6)63-32-24-16-12-20-28-40(7)8/h35-40,49H,9-34H2,1-8H3,(H,51,52)(H,53,54)(H,55,56). The number of rotatable bonds is 41. The number of aromatic carboxylic acids is 3. The number of benzene rings is 1. The minimum atomic E-state index is -1.73. The predicted molar refractivity (Wildman–Crippen MR) is 246 cm³/mol. The molecule has 0 heterocycles. The number of ether oxygens (including phenoxy) is 6. The average Bonchev–Trinajstić information content (AvgIpc) is 3.21. The Kier molecular flexibility index (Phi) is 31.5. The number of carbonyl (C=O) groups is 4. The largest absolute Gasteiger partial charge is 0.478 e. The number of unbranched alkanes of at least 4 members (excludes halogenated alkanes) is 12. The highest BCUT2D eigenvalue weighted by Crippen LogP contribution is 2.28. The van der Waals surface area contributed by atoms with Gasteiger partial charge in [-0.2, -0.15) is 0 Å². The SMILES string of the molecule is CC(C)CCCCCCOC(OCCOC(=O)c1cc(C(=O)O)c(C(=O)O)cc1C(=O)O)C(OCCCCCCC(C)C)(OCCCCCCC(C)C)OCCCCCCC(C)C. The van der Waals surface area contributed by atoms with Gasteiger partial charge in [0, 0.05) is 0 Å². The van der Waals surface area contributed by atoms with E-state index in [0.29, 0.717) is 62.2 Å². The molecule has 0 saturated heterocycles. The van der Waals surface area contributed by atoms with Gasteiger partial charge >= 0.3 is 29.9 Å². The second kappa shape index (κ2) is 34.3. The van der Waals surface area contributed by atoms with Crippen LogP contribution < -0.4 is 0 Å². The van der Waals surface area contributed by atoms with Crippen molar-refractivity contribution in [3.8, 4) is 0 Å². The maximum atomic E-state index is 13.3. The Morgan fingerprint density at radius 3 is 1.06 bits per heavy atom. The molecule has 0 fully saturated rings. The van der Waals surface area contributed by atoms with Crippen molar-refractivity contribution in [2.45, 2.75) is 196 Å². The summed E-state index contributed by atoms with van der Waals surface area (Å²) < 4.78 is 38.2. The van der Waals surface area contributed by atoms with Crippen molar-refractivity contribution >= 4 is 23.9 Å². The van der Waals surface area contributed by atoms with Crippen LogP contribution in [0.3, 0.4) is 0 Å². The Hall–Kier alpha value is -3.10. The third-order valence-corrected chi connectivity index (χ3v) is 10.8. The normalized spacial score (nSPS) is 12.5. The lowest BCUT2D eigenvalue weighted by Gasteiger charge is -2.39. The highest BCUT2D eigenvalue weighted by Gasteiger charge is 2.45. The summed E-state index contributed by atoms with van der Waals surface area (Å²) in [5.41, 5.74) is -2.82. The van der Waals surface area contributed by atoms with Gasteiger partial charge in [0.2, 0.25) is 6.29 Å². The van der Waals surface area contributed by atoms with Crippen LogP contribution in [-0.2, 0) is 28.4 Å². The lowest BCUT2D eigenvalue weighted by molar-refractivity contribution is -0.457. The Morgan fingerprint density at radius 1 is 0.413 bits per heavy atom. The van der Waals surface area contributed by atoms with E-state index in [2.05, 4.69) is 55.4 Å². The molecule has 1 atom stereocenters. The van der Waals surface area contributed by atoms with E-state index in [4.69, 9.17) is 28.4 Å². The Balaban J connectivity index is 3.42.